The average Bonchev–Trinajstić information content (AvgIpc) is 2.65. The van der Waals surface area contributed by atoms with Gasteiger partial charge in [-0.05, 0) is 12.1 Å². The molecule has 4 N–H and O–H groups in total. The predicted molar refractivity (Wildman–Crippen MR) is 44.7 cm³/mol. The van der Waals surface area contributed by atoms with Crippen molar-refractivity contribution < 1.29 is 19.8 Å². The molecule has 0 aromatic carbocycles. The van der Waals surface area contributed by atoms with Gasteiger partial charge in [-0.25, -0.2) is 4.79 Å². The van der Waals surface area contributed by atoms with E-state index in [1.807, 2.05) is 5.32 Å². The van der Waals surface area contributed by atoms with Crippen LogP contribution in [0.4, 0.5) is 0 Å². The Morgan fingerprint density at radius 2 is 2.20 bits per heavy atom. The summed E-state index contributed by atoms with van der Waals surface area (Å²) in [5, 5.41) is 31.6. The number of carboxylic acid groups (broad SMARTS) is 1. The second-order valence-corrected chi connectivity index (χ2v) is 2.77. The number of carbonyl (C=O) groups excluding carboxylic acids is 1. The Hall–Kier alpha value is -2.03. The molecule has 0 aliphatic heterocycles. The summed E-state index contributed by atoms with van der Waals surface area (Å²) in [6.07, 6.45) is -1.22. The number of aromatic amines is 1. The van der Waals surface area contributed by atoms with E-state index in [9.17, 15) is 9.59 Å². The first-order valence-corrected chi connectivity index (χ1v) is 3.97. The number of carboxylic acids is 1. The number of carbonyl (C=O) groups is 2. The maximum Gasteiger partial charge on any atom is 0.328 e. The van der Waals surface area contributed by atoms with E-state index >= 15 is 0 Å². The van der Waals surface area contributed by atoms with Crippen LogP contribution in [0.15, 0.2) is 0 Å². The maximum atomic E-state index is 11.3. The molecule has 1 aromatic rings. The van der Waals surface area contributed by atoms with E-state index in [1.54, 1.807) is 0 Å². The molecule has 0 aliphatic rings. The van der Waals surface area contributed by atoms with Gasteiger partial charge in [0.25, 0.3) is 11.7 Å². The smallest absolute Gasteiger partial charge is 0.328 e. The highest BCUT2D eigenvalue weighted by atomic mass is 16.4. The Morgan fingerprint density at radius 1 is 1.53 bits per heavy atom. The molecule has 82 valence electrons. The van der Waals surface area contributed by atoms with Crippen LogP contribution in [0.25, 0.3) is 0 Å². The number of hydrogen-bond acceptors (Lipinski definition) is 6. The van der Waals surface area contributed by atoms with Gasteiger partial charge >= 0.3 is 5.97 Å². The Balaban J connectivity index is 2.67. The van der Waals surface area contributed by atoms with Gasteiger partial charge in [0.05, 0.1) is 6.10 Å². The zero-order chi connectivity index (χ0) is 11.4. The second kappa shape index (κ2) is 4.46. The largest absolute Gasteiger partial charge is 0.480 e. The molecule has 0 aliphatic carbocycles. The summed E-state index contributed by atoms with van der Waals surface area (Å²) >= 11 is 0. The van der Waals surface area contributed by atoms with Crippen LogP contribution >= 0.6 is 0 Å². The summed E-state index contributed by atoms with van der Waals surface area (Å²) in [6.45, 7) is 1.25. The fraction of sp³-hybridized carbons (Fsp3) is 0.500. The summed E-state index contributed by atoms with van der Waals surface area (Å²) in [7, 11) is 0. The van der Waals surface area contributed by atoms with Crippen molar-refractivity contribution in [2.45, 2.75) is 19.1 Å². The molecule has 1 rings (SSSR count). The molecule has 1 heterocycles. The number of aliphatic hydroxyl groups is 1. The number of rotatable bonds is 4. The first-order chi connectivity index (χ1) is 7.02. The lowest BCUT2D eigenvalue weighted by Gasteiger charge is -2.15. The molecule has 9 heteroatoms. The van der Waals surface area contributed by atoms with E-state index < -0.39 is 24.0 Å². The SMILES string of the molecule is C[C@@H](O)[C@H](NC(=O)c1nn[nH]n1)C(=O)O. The molecule has 0 radical (unpaired) electrons. The number of nitrogens with zero attached hydrogens (tertiary/aromatic N) is 3. The zero-order valence-electron chi connectivity index (χ0n) is 7.71. The minimum absolute atomic E-state index is 0.290. The lowest BCUT2D eigenvalue weighted by Crippen LogP contribution is -2.47. The maximum absolute atomic E-state index is 11.3. The molecule has 0 spiro atoms. The Morgan fingerprint density at radius 3 is 2.60 bits per heavy atom. The van der Waals surface area contributed by atoms with Crippen molar-refractivity contribution in [1.82, 2.24) is 25.9 Å². The van der Waals surface area contributed by atoms with Crippen LogP contribution in [0.3, 0.4) is 0 Å². The van der Waals surface area contributed by atoms with Crippen molar-refractivity contribution in [1.29, 1.82) is 0 Å². The topological polar surface area (TPSA) is 141 Å². The quantitative estimate of drug-likeness (QED) is 0.445. The molecule has 0 unspecified atom stereocenters. The summed E-state index contributed by atoms with van der Waals surface area (Å²) in [4.78, 5) is 21.9. The first kappa shape index (κ1) is 11.0. The lowest BCUT2D eigenvalue weighted by atomic mass is 10.2. The number of amides is 1. The molecule has 0 saturated heterocycles. The summed E-state index contributed by atoms with van der Waals surface area (Å²) < 4.78 is 0. The van der Waals surface area contributed by atoms with Crippen LogP contribution in [0, 0.1) is 0 Å². The minimum atomic E-state index is -1.41. The van der Waals surface area contributed by atoms with Gasteiger partial charge in [-0.1, -0.05) is 0 Å². The molecule has 1 amide bonds. The van der Waals surface area contributed by atoms with Crippen molar-refractivity contribution in [3.05, 3.63) is 5.82 Å². The van der Waals surface area contributed by atoms with E-state index in [0.29, 0.717) is 0 Å². The highest BCUT2D eigenvalue weighted by Crippen LogP contribution is 1.95. The van der Waals surface area contributed by atoms with Gasteiger partial charge in [0, 0.05) is 0 Å². The van der Waals surface area contributed by atoms with Crippen molar-refractivity contribution >= 4 is 11.9 Å². The van der Waals surface area contributed by atoms with Crippen LogP contribution < -0.4 is 5.32 Å². The monoisotopic (exact) mass is 215 g/mol. The van der Waals surface area contributed by atoms with Crippen LogP contribution in [-0.4, -0.2) is 54.9 Å². The van der Waals surface area contributed by atoms with Gasteiger partial charge in [0.15, 0.2) is 6.04 Å². The summed E-state index contributed by atoms with van der Waals surface area (Å²) in [5.74, 6) is -2.46. The van der Waals surface area contributed by atoms with Crippen molar-refractivity contribution in [3.63, 3.8) is 0 Å². The molecule has 15 heavy (non-hydrogen) atoms. The summed E-state index contributed by atoms with van der Waals surface area (Å²) in [5.41, 5.74) is 0. The molecular formula is C6H9N5O4. The zero-order valence-corrected chi connectivity index (χ0v) is 7.71. The number of aromatic nitrogens is 4. The average molecular weight is 215 g/mol. The number of tetrazole rings is 1. The fourth-order valence-electron chi connectivity index (χ4n) is 0.852. The highest BCUT2D eigenvalue weighted by Gasteiger charge is 2.26. The predicted octanol–water partition coefficient (Wildman–Crippen LogP) is -2.24. The third kappa shape index (κ3) is 2.71. The van der Waals surface area contributed by atoms with Gasteiger partial charge in [-0.3, -0.25) is 4.79 Å². The van der Waals surface area contributed by atoms with Crippen molar-refractivity contribution in [3.8, 4) is 0 Å². The standard InChI is InChI=1S/C6H9N5O4/c1-2(12)3(6(14)15)7-5(13)4-8-10-11-9-4/h2-3,12H,1H3,(H,7,13)(H,14,15)(H,8,9,10,11)/t2-,3+/m1/s1. The Kier molecular flexibility index (Phi) is 3.29. The highest BCUT2D eigenvalue weighted by molar-refractivity contribution is 5.93. The molecule has 0 bridgehead atoms. The molecule has 9 nitrogen and oxygen atoms in total. The van der Waals surface area contributed by atoms with Gasteiger partial charge in [-0.15, -0.1) is 10.2 Å². The normalized spacial score (nSPS) is 14.3. The Bertz CT molecular complexity index is 348. The molecule has 1 aromatic heterocycles. The van der Waals surface area contributed by atoms with E-state index in [0.717, 1.165) is 0 Å². The van der Waals surface area contributed by atoms with E-state index in [2.05, 4.69) is 20.6 Å². The number of nitrogens with one attached hydrogen (secondary N) is 2. The van der Waals surface area contributed by atoms with Gasteiger partial charge in [0.2, 0.25) is 0 Å². The molecule has 0 fully saturated rings. The van der Waals surface area contributed by atoms with Gasteiger partial charge in [0.1, 0.15) is 0 Å². The third-order valence-electron chi connectivity index (χ3n) is 1.58. The molecule has 0 saturated carbocycles. The lowest BCUT2D eigenvalue weighted by molar-refractivity contribution is -0.141. The van der Waals surface area contributed by atoms with E-state index in [4.69, 9.17) is 10.2 Å². The Labute approximate surface area is 83.5 Å². The summed E-state index contributed by atoms with van der Waals surface area (Å²) in [6, 6.07) is -1.41. The molecule has 2 atom stereocenters. The van der Waals surface area contributed by atoms with Crippen molar-refractivity contribution in [2.24, 2.45) is 0 Å². The van der Waals surface area contributed by atoms with Crippen LogP contribution in [0.1, 0.15) is 17.5 Å². The number of hydrogen-bond donors (Lipinski definition) is 4. The van der Waals surface area contributed by atoms with Gasteiger partial charge < -0.3 is 15.5 Å². The van der Waals surface area contributed by atoms with Gasteiger partial charge in [-0.2, -0.15) is 5.21 Å². The third-order valence-corrected chi connectivity index (χ3v) is 1.58. The first-order valence-electron chi connectivity index (χ1n) is 3.97. The number of aliphatic carboxylic acids is 1. The second-order valence-electron chi connectivity index (χ2n) is 2.77. The molecular weight excluding hydrogens is 206 g/mol. The van der Waals surface area contributed by atoms with Crippen molar-refractivity contribution in [2.75, 3.05) is 0 Å². The van der Waals surface area contributed by atoms with E-state index in [-0.39, 0.29) is 5.82 Å². The van der Waals surface area contributed by atoms with Crippen LogP contribution in [0.5, 0.6) is 0 Å². The number of H-pyrrole nitrogens is 1. The number of aliphatic hydroxyl groups excluding tert-OH is 1. The minimum Gasteiger partial charge on any atom is -0.480 e. The van der Waals surface area contributed by atoms with Crippen LogP contribution in [0.2, 0.25) is 0 Å². The fourth-order valence-corrected chi connectivity index (χ4v) is 0.852. The van der Waals surface area contributed by atoms with E-state index in [1.165, 1.54) is 6.92 Å². The van der Waals surface area contributed by atoms with Crippen LogP contribution in [-0.2, 0) is 4.79 Å².